The minimum Gasteiger partial charge on any atom is -0.480 e. The summed E-state index contributed by atoms with van der Waals surface area (Å²) in [5.41, 5.74) is 0.525. The van der Waals surface area contributed by atoms with Gasteiger partial charge in [0.15, 0.2) is 0 Å². The van der Waals surface area contributed by atoms with E-state index in [4.69, 9.17) is 0 Å². The third-order valence-corrected chi connectivity index (χ3v) is 6.86. The van der Waals surface area contributed by atoms with Crippen molar-refractivity contribution in [2.45, 2.75) is 28.7 Å². The predicted octanol–water partition coefficient (Wildman–Crippen LogP) is 3.22. The monoisotopic (exact) mass is 377 g/mol. The summed E-state index contributed by atoms with van der Waals surface area (Å²) in [6, 6.07) is 14.5. The molecule has 0 aliphatic heterocycles. The van der Waals surface area contributed by atoms with Crippen LogP contribution in [-0.2, 0) is 14.8 Å². The van der Waals surface area contributed by atoms with Crippen molar-refractivity contribution in [3.05, 3.63) is 48.5 Å². The first kappa shape index (κ1) is 18.0. The fraction of sp³-hybridized carbons (Fsp3) is 0.278. The zero-order valence-corrected chi connectivity index (χ0v) is 15.5. The van der Waals surface area contributed by atoms with Gasteiger partial charge in [0.05, 0.1) is 4.90 Å². The Morgan fingerprint density at radius 1 is 1.12 bits per heavy atom. The van der Waals surface area contributed by atoms with Gasteiger partial charge in [-0.25, -0.2) is 8.42 Å². The lowest BCUT2D eigenvalue weighted by atomic mass is 10.1. The highest BCUT2D eigenvalue weighted by Gasteiger charge is 2.60. The van der Waals surface area contributed by atoms with Gasteiger partial charge in [-0.15, -0.1) is 11.8 Å². The molecule has 5 nitrogen and oxygen atoms in total. The second-order valence-corrected chi connectivity index (χ2v) is 8.80. The maximum Gasteiger partial charge on any atom is 0.325 e. The highest BCUT2D eigenvalue weighted by Crippen LogP contribution is 2.44. The van der Waals surface area contributed by atoms with E-state index in [1.54, 1.807) is 30.8 Å². The average Bonchev–Trinajstić information content (AvgIpc) is 3.25. The molecule has 0 spiro atoms. The van der Waals surface area contributed by atoms with E-state index in [0.717, 1.165) is 16.0 Å². The molecule has 0 heterocycles. The topological polar surface area (TPSA) is 83.5 Å². The molecule has 0 radical (unpaired) electrons. The Hall–Kier alpha value is -1.83. The zero-order valence-electron chi connectivity index (χ0n) is 13.9. The molecular formula is C18H19NO4S2. The summed E-state index contributed by atoms with van der Waals surface area (Å²) < 4.78 is 27.3. The Morgan fingerprint density at radius 3 is 2.00 bits per heavy atom. The first-order valence-corrected chi connectivity index (χ1v) is 10.5. The molecular weight excluding hydrogens is 358 g/mol. The number of hydrogen-bond acceptors (Lipinski definition) is 4. The zero-order chi connectivity index (χ0) is 18.2. The van der Waals surface area contributed by atoms with E-state index in [2.05, 4.69) is 4.72 Å². The number of sulfonamides is 1. The van der Waals surface area contributed by atoms with Crippen molar-refractivity contribution in [2.24, 2.45) is 5.92 Å². The Labute approximate surface area is 151 Å². The van der Waals surface area contributed by atoms with Crippen LogP contribution in [0.1, 0.15) is 13.3 Å². The molecule has 2 unspecified atom stereocenters. The summed E-state index contributed by atoms with van der Waals surface area (Å²) in [4.78, 5) is 12.6. The number of carboxylic acids is 1. The van der Waals surface area contributed by atoms with Gasteiger partial charge in [0, 0.05) is 4.90 Å². The molecule has 25 heavy (non-hydrogen) atoms. The normalized spacial score (nSPS) is 22.6. The van der Waals surface area contributed by atoms with E-state index in [0.29, 0.717) is 6.42 Å². The van der Waals surface area contributed by atoms with Crippen molar-refractivity contribution in [1.82, 2.24) is 4.72 Å². The lowest BCUT2D eigenvalue weighted by Crippen LogP contribution is -2.44. The third kappa shape index (κ3) is 3.44. The minimum atomic E-state index is -3.88. The van der Waals surface area contributed by atoms with Crippen molar-refractivity contribution >= 4 is 27.8 Å². The quantitative estimate of drug-likeness (QED) is 0.755. The van der Waals surface area contributed by atoms with Crippen molar-refractivity contribution in [3.8, 4) is 11.1 Å². The van der Waals surface area contributed by atoms with Crippen LogP contribution in [0.5, 0.6) is 0 Å². The van der Waals surface area contributed by atoms with Crippen LogP contribution < -0.4 is 4.72 Å². The predicted molar refractivity (Wildman–Crippen MR) is 98.1 cm³/mol. The molecule has 2 aromatic rings. The van der Waals surface area contributed by atoms with E-state index in [1.807, 2.05) is 30.5 Å². The molecule has 1 aliphatic carbocycles. The highest BCUT2D eigenvalue weighted by molar-refractivity contribution is 7.98. The Kier molecular flexibility index (Phi) is 4.66. The highest BCUT2D eigenvalue weighted by atomic mass is 32.2. The second-order valence-electron chi connectivity index (χ2n) is 6.24. The molecule has 0 amide bonds. The molecule has 0 aromatic heterocycles. The van der Waals surface area contributed by atoms with Gasteiger partial charge in [-0.05, 0) is 54.0 Å². The summed E-state index contributed by atoms with van der Waals surface area (Å²) in [6.07, 6.45) is 2.31. The number of carboxylic acid groups (broad SMARTS) is 1. The average molecular weight is 377 g/mol. The Bertz CT molecular complexity index is 892. The van der Waals surface area contributed by atoms with Crippen LogP contribution in [0.2, 0.25) is 0 Å². The Balaban J connectivity index is 1.82. The summed E-state index contributed by atoms with van der Waals surface area (Å²) in [5, 5.41) is 9.29. The number of rotatable bonds is 6. The van der Waals surface area contributed by atoms with Gasteiger partial charge in [0.25, 0.3) is 0 Å². The van der Waals surface area contributed by atoms with Crippen LogP contribution in [0.3, 0.4) is 0 Å². The molecule has 0 bridgehead atoms. The van der Waals surface area contributed by atoms with Gasteiger partial charge in [0.2, 0.25) is 10.0 Å². The fourth-order valence-corrected chi connectivity index (χ4v) is 4.69. The van der Waals surface area contributed by atoms with Crippen LogP contribution in [0.25, 0.3) is 11.1 Å². The second kappa shape index (κ2) is 6.48. The van der Waals surface area contributed by atoms with Crippen molar-refractivity contribution in [3.63, 3.8) is 0 Å². The van der Waals surface area contributed by atoms with E-state index in [9.17, 15) is 18.3 Å². The lowest BCUT2D eigenvalue weighted by Gasteiger charge is -2.14. The molecule has 1 saturated carbocycles. The van der Waals surface area contributed by atoms with Gasteiger partial charge in [0.1, 0.15) is 5.54 Å². The minimum absolute atomic E-state index is 0.0664. The molecule has 7 heteroatoms. The maximum absolute atomic E-state index is 12.5. The number of hydrogen-bond donors (Lipinski definition) is 2. The SMILES string of the molecule is CSc1ccc(-c2ccc(S(=O)(=O)NC3(C(=O)O)CC3C)cc2)cc1. The van der Waals surface area contributed by atoms with E-state index >= 15 is 0 Å². The van der Waals surface area contributed by atoms with Gasteiger partial charge in [-0.3, -0.25) is 4.79 Å². The summed E-state index contributed by atoms with van der Waals surface area (Å²) in [7, 11) is -3.88. The number of benzene rings is 2. The van der Waals surface area contributed by atoms with Gasteiger partial charge < -0.3 is 5.11 Å². The van der Waals surface area contributed by atoms with E-state index in [1.165, 1.54) is 12.1 Å². The number of aliphatic carboxylic acids is 1. The molecule has 2 aromatic carbocycles. The lowest BCUT2D eigenvalue weighted by molar-refractivity contribution is -0.140. The first-order chi connectivity index (χ1) is 11.8. The van der Waals surface area contributed by atoms with E-state index in [-0.39, 0.29) is 10.8 Å². The van der Waals surface area contributed by atoms with Crippen LogP contribution in [0.4, 0.5) is 0 Å². The standard InChI is InChI=1S/C18H19NO4S2/c1-12-11-18(12,17(20)21)19-25(22,23)16-9-5-14(6-10-16)13-3-7-15(24-2)8-4-13/h3-10,12,19H,11H2,1-2H3,(H,20,21). The number of carbonyl (C=O) groups is 1. The molecule has 2 atom stereocenters. The van der Waals surface area contributed by atoms with Gasteiger partial charge in [-0.2, -0.15) is 4.72 Å². The largest absolute Gasteiger partial charge is 0.480 e. The number of nitrogens with one attached hydrogen (secondary N) is 1. The summed E-state index contributed by atoms with van der Waals surface area (Å²) in [5.74, 6) is -1.34. The van der Waals surface area contributed by atoms with Crippen LogP contribution in [-0.4, -0.2) is 31.3 Å². The van der Waals surface area contributed by atoms with Crippen molar-refractivity contribution in [1.29, 1.82) is 0 Å². The Morgan fingerprint density at radius 2 is 1.60 bits per heavy atom. The number of thioether (sulfide) groups is 1. The third-order valence-electron chi connectivity index (χ3n) is 4.60. The fourth-order valence-electron chi connectivity index (χ4n) is 2.82. The molecule has 1 fully saturated rings. The smallest absolute Gasteiger partial charge is 0.325 e. The first-order valence-electron chi connectivity index (χ1n) is 7.80. The van der Waals surface area contributed by atoms with Crippen molar-refractivity contribution < 1.29 is 18.3 Å². The van der Waals surface area contributed by atoms with Gasteiger partial charge >= 0.3 is 5.97 Å². The molecule has 132 valence electrons. The summed E-state index contributed by atoms with van der Waals surface area (Å²) in [6.45, 7) is 1.72. The van der Waals surface area contributed by atoms with Gasteiger partial charge in [-0.1, -0.05) is 31.2 Å². The van der Waals surface area contributed by atoms with Crippen LogP contribution >= 0.6 is 11.8 Å². The molecule has 2 N–H and O–H groups in total. The van der Waals surface area contributed by atoms with Crippen LogP contribution in [0, 0.1) is 5.92 Å². The van der Waals surface area contributed by atoms with Crippen LogP contribution in [0.15, 0.2) is 58.3 Å². The summed E-state index contributed by atoms with van der Waals surface area (Å²) >= 11 is 1.66. The van der Waals surface area contributed by atoms with Crippen molar-refractivity contribution in [2.75, 3.05) is 6.26 Å². The molecule has 0 saturated heterocycles. The molecule has 3 rings (SSSR count). The maximum atomic E-state index is 12.5. The van der Waals surface area contributed by atoms with E-state index < -0.39 is 21.5 Å². The molecule has 1 aliphatic rings.